The van der Waals surface area contributed by atoms with Crippen LogP contribution in [0.4, 0.5) is 0 Å². The number of hydrogen-bond donors (Lipinski definition) is 1. The lowest BCUT2D eigenvalue weighted by atomic mass is 10.0. The van der Waals surface area contributed by atoms with Crippen molar-refractivity contribution in [2.45, 2.75) is 6.04 Å². The number of nitrogens with zero attached hydrogens (tertiary/aromatic N) is 5. The predicted molar refractivity (Wildman–Crippen MR) is 94.9 cm³/mol. The van der Waals surface area contributed by atoms with Crippen molar-refractivity contribution >= 4 is 27.9 Å². The molecule has 4 rings (SSSR count). The van der Waals surface area contributed by atoms with E-state index in [0.29, 0.717) is 9.98 Å². The van der Waals surface area contributed by atoms with E-state index in [1.165, 1.54) is 22.2 Å². The van der Waals surface area contributed by atoms with Gasteiger partial charge in [0, 0.05) is 31.2 Å². The van der Waals surface area contributed by atoms with Gasteiger partial charge in [-0.05, 0) is 18.7 Å². The molecule has 1 aliphatic rings. The summed E-state index contributed by atoms with van der Waals surface area (Å²) in [6, 6.07) is 7.74. The van der Waals surface area contributed by atoms with E-state index in [0.717, 1.165) is 36.6 Å². The zero-order valence-electron chi connectivity index (χ0n) is 13.3. The van der Waals surface area contributed by atoms with Gasteiger partial charge in [0.2, 0.25) is 10.8 Å². The van der Waals surface area contributed by atoms with Crippen LogP contribution in [0.5, 0.6) is 5.88 Å². The first kappa shape index (κ1) is 15.8. The summed E-state index contributed by atoms with van der Waals surface area (Å²) in [5.74, 6) is 0.149. The first-order valence-corrected chi connectivity index (χ1v) is 9.03. The Balaban J connectivity index is 1.82. The maximum Gasteiger partial charge on any atom is 0.230 e. The lowest BCUT2D eigenvalue weighted by molar-refractivity contribution is 0.127. The average molecular weight is 364 g/mol. The molecule has 0 saturated carbocycles. The van der Waals surface area contributed by atoms with E-state index in [1.54, 1.807) is 0 Å². The van der Waals surface area contributed by atoms with Gasteiger partial charge in [0.25, 0.3) is 0 Å². The topological polar surface area (TPSA) is 56.9 Å². The number of halogens is 1. The fraction of sp³-hybridized carbons (Fsp3) is 0.375. The summed E-state index contributed by atoms with van der Waals surface area (Å²) in [5, 5.41) is 15.5. The first-order valence-electron chi connectivity index (χ1n) is 7.83. The van der Waals surface area contributed by atoms with Crippen LogP contribution in [-0.4, -0.2) is 62.7 Å². The zero-order valence-corrected chi connectivity index (χ0v) is 14.8. The fourth-order valence-corrected chi connectivity index (χ4v) is 4.47. The molecule has 1 atom stereocenters. The van der Waals surface area contributed by atoms with E-state index in [2.05, 4.69) is 26.9 Å². The van der Waals surface area contributed by atoms with Crippen molar-refractivity contribution in [3.8, 4) is 5.88 Å². The molecule has 8 heteroatoms. The predicted octanol–water partition coefficient (Wildman–Crippen LogP) is 2.49. The van der Waals surface area contributed by atoms with Crippen molar-refractivity contribution in [2.24, 2.45) is 0 Å². The van der Waals surface area contributed by atoms with Gasteiger partial charge < -0.3 is 10.0 Å². The molecule has 24 heavy (non-hydrogen) atoms. The Labute approximate surface area is 148 Å². The second kappa shape index (κ2) is 6.33. The van der Waals surface area contributed by atoms with Crippen molar-refractivity contribution in [1.82, 2.24) is 24.4 Å². The van der Waals surface area contributed by atoms with Gasteiger partial charge in [0.05, 0.1) is 10.9 Å². The lowest BCUT2D eigenvalue weighted by Gasteiger charge is -2.38. The van der Waals surface area contributed by atoms with Crippen molar-refractivity contribution in [1.29, 1.82) is 0 Å². The van der Waals surface area contributed by atoms with Crippen LogP contribution in [0.1, 0.15) is 16.5 Å². The summed E-state index contributed by atoms with van der Waals surface area (Å²) in [5.41, 5.74) is 1.00. The fourth-order valence-electron chi connectivity index (χ4n) is 3.15. The van der Waals surface area contributed by atoms with E-state index in [4.69, 9.17) is 11.6 Å². The number of rotatable bonds is 3. The third-order valence-electron chi connectivity index (χ3n) is 4.49. The minimum absolute atomic E-state index is 0.0964. The second-order valence-electron chi connectivity index (χ2n) is 6.01. The molecule has 0 amide bonds. The van der Waals surface area contributed by atoms with Crippen LogP contribution in [0, 0.1) is 0 Å². The molecule has 1 unspecified atom stereocenters. The number of benzene rings is 1. The molecule has 2 aromatic heterocycles. The van der Waals surface area contributed by atoms with Gasteiger partial charge in [-0.15, -0.1) is 0 Å². The summed E-state index contributed by atoms with van der Waals surface area (Å²) in [6.07, 6.45) is 1.45. The first-order chi connectivity index (χ1) is 11.6. The molecule has 1 aromatic carbocycles. The number of aromatic nitrogens is 3. The number of aromatic hydroxyl groups is 1. The smallest absolute Gasteiger partial charge is 0.230 e. The average Bonchev–Trinajstić information content (AvgIpc) is 3.15. The SMILES string of the molecule is CN1CCN(C(c2ccccc2Cl)c2sc3ncnn3c2O)CC1. The van der Waals surface area contributed by atoms with Crippen LogP contribution < -0.4 is 0 Å². The summed E-state index contributed by atoms with van der Waals surface area (Å²) >= 11 is 7.95. The molecule has 3 aromatic rings. The lowest BCUT2D eigenvalue weighted by Crippen LogP contribution is -2.46. The van der Waals surface area contributed by atoms with E-state index < -0.39 is 0 Å². The minimum atomic E-state index is -0.0964. The second-order valence-corrected chi connectivity index (χ2v) is 7.42. The van der Waals surface area contributed by atoms with Crippen molar-refractivity contribution in [2.75, 3.05) is 33.2 Å². The highest BCUT2D eigenvalue weighted by Crippen LogP contribution is 2.41. The van der Waals surface area contributed by atoms with Crippen LogP contribution in [0.3, 0.4) is 0 Å². The summed E-state index contributed by atoms with van der Waals surface area (Å²) in [4.78, 5) is 10.4. The Hall–Kier alpha value is -1.67. The van der Waals surface area contributed by atoms with E-state index in [1.807, 2.05) is 24.3 Å². The highest BCUT2D eigenvalue weighted by atomic mass is 35.5. The largest absolute Gasteiger partial charge is 0.492 e. The molecular formula is C16H18ClN5OS. The molecular weight excluding hydrogens is 346 g/mol. The maximum atomic E-state index is 10.7. The molecule has 3 heterocycles. The molecule has 6 nitrogen and oxygen atoms in total. The molecule has 0 radical (unpaired) electrons. The third-order valence-corrected chi connectivity index (χ3v) is 5.92. The van der Waals surface area contributed by atoms with Crippen LogP contribution in [-0.2, 0) is 0 Å². The van der Waals surface area contributed by atoms with Crippen molar-refractivity contribution in [3.05, 3.63) is 46.1 Å². The van der Waals surface area contributed by atoms with Gasteiger partial charge in [0.15, 0.2) is 0 Å². The van der Waals surface area contributed by atoms with E-state index in [-0.39, 0.29) is 11.9 Å². The van der Waals surface area contributed by atoms with Crippen molar-refractivity contribution < 1.29 is 5.11 Å². The van der Waals surface area contributed by atoms with E-state index >= 15 is 0 Å². The van der Waals surface area contributed by atoms with Gasteiger partial charge in [0.1, 0.15) is 6.33 Å². The summed E-state index contributed by atoms with van der Waals surface area (Å²) in [7, 11) is 2.13. The van der Waals surface area contributed by atoms with Crippen LogP contribution in [0.15, 0.2) is 30.6 Å². The molecule has 1 fully saturated rings. The third kappa shape index (κ3) is 2.67. The summed E-state index contributed by atoms with van der Waals surface area (Å²) < 4.78 is 1.49. The molecule has 0 bridgehead atoms. The summed E-state index contributed by atoms with van der Waals surface area (Å²) in [6.45, 7) is 3.81. The Kier molecular flexibility index (Phi) is 4.17. The van der Waals surface area contributed by atoms with Gasteiger partial charge in [-0.3, -0.25) is 4.90 Å². The quantitative estimate of drug-likeness (QED) is 0.774. The Morgan fingerprint density at radius 2 is 1.96 bits per heavy atom. The highest BCUT2D eigenvalue weighted by molar-refractivity contribution is 7.17. The molecule has 1 N–H and O–H groups in total. The number of fused-ring (bicyclic) bond motifs is 1. The Bertz CT molecular complexity index is 855. The van der Waals surface area contributed by atoms with Crippen molar-refractivity contribution in [3.63, 3.8) is 0 Å². The van der Waals surface area contributed by atoms with Crippen LogP contribution in [0.25, 0.3) is 4.96 Å². The maximum absolute atomic E-state index is 10.7. The van der Waals surface area contributed by atoms with Gasteiger partial charge in [-0.25, -0.2) is 4.98 Å². The standard InChI is InChI=1S/C16H18ClN5OS/c1-20-6-8-21(9-7-20)13(11-4-2-3-5-12(11)17)14-15(23)22-16(24-14)18-10-19-22/h2-5,10,13,23H,6-9H2,1H3. The monoisotopic (exact) mass is 363 g/mol. The number of thiazole rings is 1. The van der Waals surface area contributed by atoms with Gasteiger partial charge in [-0.1, -0.05) is 41.1 Å². The molecule has 0 aliphatic carbocycles. The highest BCUT2D eigenvalue weighted by Gasteiger charge is 2.31. The normalized spacial score (nSPS) is 18.2. The molecule has 126 valence electrons. The number of piperazine rings is 1. The molecule has 1 aliphatic heterocycles. The number of likely N-dealkylation sites (N-methyl/N-ethyl adjacent to an activating group) is 1. The minimum Gasteiger partial charge on any atom is -0.492 e. The number of hydrogen-bond acceptors (Lipinski definition) is 6. The molecule has 0 spiro atoms. The Morgan fingerprint density at radius 1 is 1.21 bits per heavy atom. The molecule has 1 saturated heterocycles. The van der Waals surface area contributed by atoms with Crippen LogP contribution >= 0.6 is 22.9 Å². The van der Waals surface area contributed by atoms with Gasteiger partial charge >= 0.3 is 0 Å². The zero-order chi connectivity index (χ0) is 16.7. The van der Waals surface area contributed by atoms with Crippen LogP contribution in [0.2, 0.25) is 5.02 Å². The van der Waals surface area contributed by atoms with Gasteiger partial charge in [-0.2, -0.15) is 9.61 Å². The van der Waals surface area contributed by atoms with E-state index in [9.17, 15) is 5.11 Å². The Morgan fingerprint density at radius 3 is 2.67 bits per heavy atom.